The lowest BCUT2D eigenvalue weighted by molar-refractivity contribution is 0.0420. The van der Waals surface area contributed by atoms with Gasteiger partial charge in [-0.25, -0.2) is 8.42 Å². The number of nitrogens with one attached hydrogen (secondary N) is 1. The molecule has 0 spiro atoms. The van der Waals surface area contributed by atoms with Gasteiger partial charge in [0, 0.05) is 18.1 Å². The smallest absolute Gasteiger partial charge is 0.229 e. The largest absolute Gasteiger partial charge is 0.488 e. The van der Waals surface area contributed by atoms with Crippen molar-refractivity contribution in [3.05, 3.63) is 78.6 Å². The number of hydrogen-bond acceptors (Lipinski definition) is 5. The van der Waals surface area contributed by atoms with Gasteiger partial charge in [0.15, 0.2) is 0 Å². The highest BCUT2D eigenvalue weighted by atomic mass is 32.2. The van der Waals surface area contributed by atoms with Crippen LogP contribution in [-0.2, 0) is 16.4 Å². The Morgan fingerprint density at radius 1 is 1.07 bits per heavy atom. The van der Waals surface area contributed by atoms with Crippen LogP contribution >= 0.6 is 0 Å². The summed E-state index contributed by atoms with van der Waals surface area (Å²) in [5, 5.41) is 10.4. The number of nitrogens with zero attached hydrogens (tertiary/aromatic N) is 1. The van der Waals surface area contributed by atoms with Gasteiger partial charge < -0.3 is 9.84 Å². The average molecular weight is 427 g/mol. The predicted molar refractivity (Wildman–Crippen MR) is 119 cm³/mol. The van der Waals surface area contributed by atoms with E-state index < -0.39 is 16.1 Å². The van der Waals surface area contributed by atoms with Crippen LogP contribution in [0.1, 0.15) is 18.9 Å². The van der Waals surface area contributed by atoms with Crippen molar-refractivity contribution >= 4 is 15.7 Å². The van der Waals surface area contributed by atoms with E-state index in [1.165, 1.54) is 0 Å². The summed E-state index contributed by atoms with van der Waals surface area (Å²) in [6.45, 7) is 1.85. The van der Waals surface area contributed by atoms with Gasteiger partial charge in [-0.1, -0.05) is 30.3 Å². The number of ether oxygens (including phenoxy) is 1. The molecule has 0 radical (unpaired) electrons. The summed E-state index contributed by atoms with van der Waals surface area (Å²) < 4.78 is 31.2. The molecule has 0 unspecified atom stereocenters. The van der Waals surface area contributed by atoms with Gasteiger partial charge in [-0.3, -0.25) is 9.71 Å². The highest BCUT2D eigenvalue weighted by Gasteiger charge is 2.16. The van der Waals surface area contributed by atoms with Crippen LogP contribution in [0.25, 0.3) is 11.1 Å². The minimum atomic E-state index is -3.32. The normalized spacial score (nSPS) is 13.4. The van der Waals surface area contributed by atoms with E-state index in [2.05, 4.69) is 9.71 Å². The van der Waals surface area contributed by atoms with Crippen LogP contribution in [0.5, 0.6) is 5.75 Å². The lowest BCUT2D eigenvalue weighted by Crippen LogP contribution is -2.29. The van der Waals surface area contributed by atoms with Gasteiger partial charge in [-0.05, 0) is 66.8 Å². The fourth-order valence-electron chi connectivity index (χ4n) is 3.09. The Hall–Kier alpha value is -2.90. The number of anilines is 1. The molecule has 0 saturated carbocycles. The number of benzene rings is 2. The van der Waals surface area contributed by atoms with E-state index in [1.807, 2.05) is 49.4 Å². The highest BCUT2D eigenvalue weighted by molar-refractivity contribution is 7.92. The standard InChI is InChI=1S/C23H26N2O4S/c1-17(23(26)13-8-18-5-4-14-24-16-18)29-22-11-9-19(10-12-22)20-6-3-7-21(15-20)25-30(2,27)28/h3-7,9-12,14-17,23,25-26H,8,13H2,1-2H3/t17-,23+/m0/s1. The van der Waals surface area contributed by atoms with E-state index in [0.717, 1.165) is 29.4 Å². The van der Waals surface area contributed by atoms with E-state index in [0.29, 0.717) is 17.9 Å². The van der Waals surface area contributed by atoms with E-state index in [9.17, 15) is 13.5 Å². The summed E-state index contributed by atoms with van der Waals surface area (Å²) in [5.41, 5.74) is 3.42. The Labute approximate surface area is 177 Å². The van der Waals surface area contributed by atoms with Gasteiger partial charge in [0.25, 0.3) is 0 Å². The van der Waals surface area contributed by atoms with Crippen LogP contribution in [0.2, 0.25) is 0 Å². The molecule has 30 heavy (non-hydrogen) atoms. The van der Waals surface area contributed by atoms with Crippen molar-refractivity contribution in [2.24, 2.45) is 0 Å². The Bertz CT molecular complexity index is 1050. The molecular formula is C23H26N2O4S. The van der Waals surface area contributed by atoms with Crippen molar-refractivity contribution in [1.82, 2.24) is 4.98 Å². The fourth-order valence-corrected chi connectivity index (χ4v) is 3.65. The lowest BCUT2D eigenvalue weighted by atomic mass is 10.0. The molecule has 0 aliphatic rings. The molecule has 0 saturated heterocycles. The van der Waals surface area contributed by atoms with Crippen molar-refractivity contribution in [3.8, 4) is 16.9 Å². The predicted octanol–water partition coefficient (Wildman–Crippen LogP) is 3.88. The van der Waals surface area contributed by atoms with Crippen LogP contribution in [0.15, 0.2) is 73.1 Å². The van der Waals surface area contributed by atoms with Crippen molar-refractivity contribution < 1.29 is 18.3 Å². The Morgan fingerprint density at radius 2 is 1.83 bits per heavy atom. The molecule has 3 aromatic rings. The molecule has 1 aromatic heterocycles. The summed E-state index contributed by atoms with van der Waals surface area (Å²) >= 11 is 0. The number of aromatic nitrogens is 1. The monoisotopic (exact) mass is 426 g/mol. The molecule has 6 nitrogen and oxygen atoms in total. The number of sulfonamides is 1. The second-order valence-corrected chi connectivity index (χ2v) is 9.02. The molecule has 158 valence electrons. The third-order valence-corrected chi connectivity index (χ3v) is 5.28. The zero-order chi connectivity index (χ0) is 21.6. The molecule has 0 aliphatic carbocycles. The van der Waals surface area contributed by atoms with E-state index in [1.54, 1.807) is 30.6 Å². The molecule has 0 bridgehead atoms. The van der Waals surface area contributed by atoms with Gasteiger partial charge in [0.05, 0.1) is 12.4 Å². The van der Waals surface area contributed by atoms with E-state index >= 15 is 0 Å². The van der Waals surface area contributed by atoms with Gasteiger partial charge in [0.1, 0.15) is 11.9 Å². The minimum absolute atomic E-state index is 0.352. The molecule has 0 amide bonds. The van der Waals surface area contributed by atoms with Gasteiger partial charge in [0.2, 0.25) is 10.0 Å². The molecule has 2 aromatic carbocycles. The molecule has 2 N–H and O–H groups in total. The minimum Gasteiger partial charge on any atom is -0.488 e. The summed E-state index contributed by atoms with van der Waals surface area (Å²) in [7, 11) is -3.32. The third kappa shape index (κ3) is 6.57. The highest BCUT2D eigenvalue weighted by Crippen LogP contribution is 2.26. The Morgan fingerprint density at radius 3 is 2.50 bits per heavy atom. The number of pyridine rings is 1. The van der Waals surface area contributed by atoms with Crippen LogP contribution in [-0.4, -0.2) is 37.0 Å². The summed E-state index contributed by atoms with van der Waals surface area (Å²) in [6, 6.07) is 18.6. The number of rotatable bonds is 9. The Kier molecular flexibility index (Phi) is 7.07. The van der Waals surface area contributed by atoms with Crippen LogP contribution in [0.4, 0.5) is 5.69 Å². The summed E-state index contributed by atoms with van der Waals surface area (Å²) in [5.74, 6) is 0.664. The first-order valence-electron chi connectivity index (χ1n) is 9.72. The quantitative estimate of drug-likeness (QED) is 0.542. The zero-order valence-electron chi connectivity index (χ0n) is 17.0. The second-order valence-electron chi connectivity index (χ2n) is 7.27. The summed E-state index contributed by atoms with van der Waals surface area (Å²) in [4.78, 5) is 4.08. The molecular weight excluding hydrogens is 400 g/mol. The molecule has 0 aliphatic heterocycles. The maximum absolute atomic E-state index is 11.4. The summed E-state index contributed by atoms with van der Waals surface area (Å²) in [6.07, 6.45) is 5.03. The second kappa shape index (κ2) is 9.73. The van der Waals surface area contributed by atoms with Gasteiger partial charge in [-0.15, -0.1) is 0 Å². The van der Waals surface area contributed by atoms with Crippen molar-refractivity contribution in [1.29, 1.82) is 0 Å². The molecule has 1 heterocycles. The molecule has 0 fully saturated rings. The SMILES string of the molecule is C[C@H](Oc1ccc(-c2cccc(NS(C)(=O)=O)c2)cc1)[C@H](O)CCc1cccnc1. The first-order valence-corrected chi connectivity index (χ1v) is 11.6. The van der Waals surface area contributed by atoms with Crippen LogP contribution in [0.3, 0.4) is 0 Å². The van der Waals surface area contributed by atoms with E-state index in [4.69, 9.17) is 4.74 Å². The van der Waals surface area contributed by atoms with E-state index in [-0.39, 0.29) is 6.10 Å². The van der Waals surface area contributed by atoms with Crippen LogP contribution in [0, 0.1) is 0 Å². The number of aliphatic hydroxyl groups is 1. The van der Waals surface area contributed by atoms with Crippen LogP contribution < -0.4 is 9.46 Å². The average Bonchev–Trinajstić information content (AvgIpc) is 2.72. The first-order chi connectivity index (χ1) is 14.3. The van der Waals surface area contributed by atoms with Gasteiger partial charge >= 0.3 is 0 Å². The third-order valence-electron chi connectivity index (χ3n) is 4.67. The van der Waals surface area contributed by atoms with Gasteiger partial charge in [-0.2, -0.15) is 0 Å². The fraction of sp³-hybridized carbons (Fsp3) is 0.261. The topological polar surface area (TPSA) is 88.5 Å². The van der Waals surface area contributed by atoms with Crippen molar-refractivity contribution in [3.63, 3.8) is 0 Å². The number of hydrogen-bond donors (Lipinski definition) is 2. The zero-order valence-corrected chi connectivity index (χ0v) is 17.8. The number of aryl methyl sites for hydroxylation is 1. The van der Waals surface area contributed by atoms with Crippen molar-refractivity contribution in [2.75, 3.05) is 11.0 Å². The maximum Gasteiger partial charge on any atom is 0.229 e. The first kappa shape index (κ1) is 21.8. The Balaban J connectivity index is 1.59. The molecule has 7 heteroatoms. The lowest BCUT2D eigenvalue weighted by Gasteiger charge is -2.20. The van der Waals surface area contributed by atoms with Crippen molar-refractivity contribution in [2.45, 2.75) is 32.0 Å². The maximum atomic E-state index is 11.4. The number of aliphatic hydroxyl groups excluding tert-OH is 1. The molecule has 3 rings (SSSR count). The molecule has 2 atom stereocenters.